The van der Waals surface area contributed by atoms with Gasteiger partial charge in [0.05, 0.1) is 16.6 Å². The number of para-hydroxylation sites is 1. The molecular weight excluding hydrogens is 338 g/mol. The van der Waals surface area contributed by atoms with Crippen LogP contribution in [-0.4, -0.2) is 29.0 Å². The van der Waals surface area contributed by atoms with Crippen LogP contribution in [0.4, 0.5) is 5.82 Å². The maximum Gasteiger partial charge on any atom is 0.252 e. The SMILES string of the molecule is N#Cc1cccnc1NCCNC(=O)c1cc(C2CC2)nc2ccccc12. The second-order valence-electron chi connectivity index (χ2n) is 6.58. The van der Waals surface area contributed by atoms with Crippen LogP contribution in [0, 0.1) is 11.3 Å². The predicted octanol–water partition coefficient (Wildman–Crippen LogP) is 3.22. The van der Waals surface area contributed by atoms with Gasteiger partial charge in [0, 0.05) is 36.3 Å². The van der Waals surface area contributed by atoms with Gasteiger partial charge in [0.25, 0.3) is 5.91 Å². The monoisotopic (exact) mass is 357 g/mol. The number of anilines is 1. The van der Waals surface area contributed by atoms with Crippen LogP contribution in [0.25, 0.3) is 10.9 Å². The molecule has 27 heavy (non-hydrogen) atoms. The molecule has 0 aliphatic heterocycles. The van der Waals surface area contributed by atoms with Gasteiger partial charge in [0.15, 0.2) is 0 Å². The van der Waals surface area contributed by atoms with E-state index >= 15 is 0 Å². The minimum atomic E-state index is -0.112. The second kappa shape index (κ2) is 7.42. The molecule has 2 aromatic heterocycles. The number of rotatable bonds is 6. The van der Waals surface area contributed by atoms with Gasteiger partial charge < -0.3 is 10.6 Å². The predicted molar refractivity (Wildman–Crippen MR) is 103 cm³/mol. The van der Waals surface area contributed by atoms with Crippen molar-refractivity contribution in [1.29, 1.82) is 5.26 Å². The fourth-order valence-corrected chi connectivity index (χ4v) is 3.06. The lowest BCUT2D eigenvalue weighted by molar-refractivity contribution is 0.0956. The Morgan fingerprint density at radius 3 is 2.85 bits per heavy atom. The average Bonchev–Trinajstić information content (AvgIpc) is 3.56. The third-order valence-corrected chi connectivity index (χ3v) is 4.61. The summed E-state index contributed by atoms with van der Waals surface area (Å²) in [7, 11) is 0. The van der Waals surface area contributed by atoms with E-state index in [9.17, 15) is 4.79 Å². The Kier molecular flexibility index (Phi) is 4.67. The third kappa shape index (κ3) is 3.72. The van der Waals surface area contributed by atoms with Gasteiger partial charge in [-0.3, -0.25) is 9.78 Å². The summed E-state index contributed by atoms with van der Waals surface area (Å²) in [4.78, 5) is 21.6. The van der Waals surface area contributed by atoms with E-state index in [0.29, 0.717) is 36.0 Å². The number of fused-ring (bicyclic) bond motifs is 1. The lowest BCUT2D eigenvalue weighted by Gasteiger charge is -2.11. The van der Waals surface area contributed by atoms with Crippen LogP contribution in [0.15, 0.2) is 48.7 Å². The molecule has 1 fully saturated rings. The lowest BCUT2D eigenvalue weighted by Crippen LogP contribution is -2.29. The van der Waals surface area contributed by atoms with Crippen molar-refractivity contribution in [3.05, 3.63) is 65.5 Å². The second-order valence-corrected chi connectivity index (χ2v) is 6.58. The summed E-state index contributed by atoms with van der Waals surface area (Å²) in [6.45, 7) is 0.908. The molecule has 1 amide bonds. The molecule has 1 aliphatic carbocycles. The fraction of sp³-hybridized carbons (Fsp3) is 0.238. The van der Waals surface area contributed by atoms with Crippen molar-refractivity contribution in [2.45, 2.75) is 18.8 Å². The summed E-state index contributed by atoms with van der Waals surface area (Å²) in [6, 6.07) is 15.2. The van der Waals surface area contributed by atoms with Crippen molar-refractivity contribution >= 4 is 22.6 Å². The van der Waals surface area contributed by atoms with Crippen LogP contribution in [-0.2, 0) is 0 Å². The van der Waals surface area contributed by atoms with E-state index in [0.717, 1.165) is 29.4 Å². The fourth-order valence-electron chi connectivity index (χ4n) is 3.06. The number of carbonyl (C=O) groups is 1. The maximum atomic E-state index is 12.8. The standard InChI is InChI=1S/C21H19N5O/c22-13-15-4-3-9-23-20(15)24-10-11-25-21(27)17-12-19(14-7-8-14)26-18-6-2-1-5-16(17)18/h1-6,9,12,14H,7-8,10-11H2,(H,23,24)(H,25,27). The molecule has 2 heterocycles. The molecule has 0 spiro atoms. The summed E-state index contributed by atoms with van der Waals surface area (Å²) >= 11 is 0. The van der Waals surface area contributed by atoms with Crippen molar-refractivity contribution in [1.82, 2.24) is 15.3 Å². The van der Waals surface area contributed by atoms with E-state index in [1.54, 1.807) is 18.3 Å². The molecule has 4 rings (SSSR count). The molecule has 6 heteroatoms. The summed E-state index contributed by atoms with van der Waals surface area (Å²) in [5.41, 5.74) is 3.01. The highest BCUT2D eigenvalue weighted by molar-refractivity contribution is 6.06. The van der Waals surface area contributed by atoms with Gasteiger partial charge >= 0.3 is 0 Å². The van der Waals surface area contributed by atoms with Gasteiger partial charge in [-0.2, -0.15) is 5.26 Å². The molecule has 0 unspecified atom stereocenters. The van der Waals surface area contributed by atoms with Crippen LogP contribution in [0.5, 0.6) is 0 Å². The number of nitrogens with zero attached hydrogens (tertiary/aromatic N) is 3. The lowest BCUT2D eigenvalue weighted by atomic mass is 10.1. The molecule has 1 aromatic carbocycles. The highest BCUT2D eigenvalue weighted by Gasteiger charge is 2.26. The number of pyridine rings is 2. The van der Waals surface area contributed by atoms with Crippen LogP contribution >= 0.6 is 0 Å². The highest BCUT2D eigenvalue weighted by atomic mass is 16.1. The van der Waals surface area contributed by atoms with Crippen LogP contribution in [0.1, 0.15) is 40.4 Å². The number of hydrogen-bond acceptors (Lipinski definition) is 5. The zero-order chi connectivity index (χ0) is 18.6. The van der Waals surface area contributed by atoms with Crippen molar-refractivity contribution in [2.24, 2.45) is 0 Å². The van der Waals surface area contributed by atoms with Crippen molar-refractivity contribution in [3.63, 3.8) is 0 Å². The number of nitrogens with one attached hydrogen (secondary N) is 2. The molecular formula is C21H19N5O. The third-order valence-electron chi connectivity index (χ3n) is 4.61. The molecule has 0 atom stereocenters. The average molecular weight is 357 g/mol. The zero-order valence-corrected chi connectivity index (χ0v) is 14.8. The molecule has 3 aromatic rings. The Balaban J connectivity index is 1.45. The summed E-state index contributed by atoms with van der Waals surface area (Å²) in [5, 5.41) is 16.0. The first-order valence-electron chi connectivity index (χ1n) is 9.03. The summed E-state index contributed by atoms with van der Waals surface area (Å²) in [6.07, 6.45) is 3.91. The molecule has 6 nitrogen and oxygen atoms in total. The smallest absolute Gasteiger partial charge is 0.252 e. The normalized spacial score (nSPS) is 13.1. The summed E-state index contributed by atoms with van der Waals surface area (Å²) < 4.78 is 0. The van der Waals surface area contributed by atoms with Gasteiger partial charge in [0.1, 0.15) is 11.9 Å². The topological polar surface area (TPSA) is 90.7 Å². The zero-order valence-electron chi connectivity index (χ0n) is 14.8. The molecule has 0 bridgehead atoms. The van der Waals surface area contributed by atoms with Crippen LogP contribution < -0.4 is 10.6 Å². The number of benzene rings is 1. The van der Waals surface area contributed by atoms with Gasteiger partial charge in [0.2, 0.25) is 0 Å². The molecule has 0 saturated heterocycles. The number of carbonyl (C=O) groups excluding carboxylic acids is 1. The molecule has 134 valence electrons. The number of amides is 1. The van der Waals surface area contributed by atoms with Gasteiger partial charge in [-0.25, -0.2) is 4.98 Å². The molecule has 1 saturated carbocycles. The number of aromatic nitrogens is 2. The minimum absolute atomic E-state index is 0.112. The first-order chi connectivity index (χ1) is 13.3. The molecule has 0 radical (unpaired) electrons. The van der Waals surface area contributed by atoms with Gasteiger partial charge in [-0.1, -0.05) is 18.2 Å². The quantitative estimate of drug-likeness (QED) is 0.661. The molecule has 1 aliphatic rings. The van der Waals surface area contributed by atoms with E-state index in [1.807, 2.05) is 30.3 Å². The Morgan fingerprint density at radius 2 is 2.04 bits per heavy atom. The first kappa shape index (κ1) is 17.0. The maximum absolute atomic E-state index is 12.8. The van der Waals surface area contributed by atoms with E-state index < -0.39 is 0 Å². The Bertz CT molecular complexity index is 1040. The van der Waals surface area contributed by atoms with Crippen molar-refractivity contribution in [2.75, 3.05) is 18.4 Å². The van der Waals surface area contributed by atoms with Crippen LogP contribution in [0.2, 0.25) is 0 Å². The molecule has 2 N–H and O–H groups in total. The van der Waals surface area contributed by atoms with E-state index in [2.05, 4.69) is 21.7 Å². The van der Waals surface area contributed by atoms with Crippen LogP contribution in [0.3, 0.4) is 0 Å². The minimum Gasteiger partial charge on any atom is -0.367 e. The van der Waals surface area contributed by atoms with Crippen molar-refractivity contribution in [3.8, 4) is 6.07 Å². The number of hydrogen-bond donors (Lipinski definition) is 2. The number of nitriles is 1. The highest BCUT2D eigenvalue weighted by Crippen LogP contribution is 2.40. The Hall–Kier alpha value is -3.46. The van der Waals surface area contributed by atoms with E-state index in [-0.39, 0.29) is 5.91 Å². The largest absolute Gasteiger partial charge is 0.367 e. The van der Waals surface area contributed by atoms with Gasteiger partial charge in [-0.15, -0.1) is 0 Å². The van der Waals surface area contributed by atoms with E-state index in [4.69, 9.17) is 10.2 Å². The van der Waals surface area contributed by atoms with E-state index in [1.165, 1.54) is 0 Å². The summed E-state index contributed by atoms with van der Waals surface area (Å²) in [5.74, 6) is 0.898. The van der Waals surface area contributed by atoms with Crippen molar-refractivity contribution < 1.29 is 4.79 Å². The van der Waals surface area contributed by atoms with Gasteiger partial charge in [-0.05, 0) is 37.1 Å². The Morgan fingerprint density at radius 1 is 1.19 bits per heavy atom. The first-order valence-corrected chi connectivity index (χ1v) is 9.03. The Labute approximate surface area is 157 Å².